The van der Waals surface area contributed by atoms with Crippen LogP contribution in [0, 0.1) is 5.92 Å². The van der Waals surface area contributed by atoms with E-state index in [9.17, 15) is 4.79 Å². The quantitative estimate of drug-likeness (QED) is 0.787. The predicted molar refractivity (Wildman–Crippen MR) is 93.6 cm³/mol. The van der Waals surface area contributed by atoms with Crippen molar-refractivity contribution in [2.75, 3.05) is 20.3 Å². The summed E-state index contributed by atoms with van der Waals surface area (Å²) in [6.45, 7) is 5.54. The van der Waals surface area contributed by atoms with Crippen molar-refractivity contribution in [3.05, 3.63) is 42.2 Å². The molecule has 8 nitrogen and oxygen atoms in total. The van der Waals surface area contributed by atoms with Crippen molar-refractivity contribution in [2.45, 2.75) is 26.4 Å². The smallest absolute Gasteiger partial charge is 0.318 e. The lowest BCUT2D eigenvalue weighted by atomic mass is 10.0. The molecule has 2 amide bonds. The van der Waals surface area contributed by atoms with Crippen molar-refractivity contribution < 1.29 is 9.53 Å². The second-order valence-electron chi connectivity index (χ2n) is 6.18. The van der Waals surface area contributed by atoms with E-state index in [1.807, 2.05) is 33.0 Å². The highest BCUT2D eigenvalue weighted by Gasteiger charge is 2.25. The Kier molecular flexibility index (Phi) is 6.88. The molecule has 2 heterocycles. The summed E-state index contributed by atoms with van der Waals surface area (Å²) in [4.78, 5) is 22.9. The van der Waals surface area contributed by atoms with Crippen molar-refractivity contribution in [1.82, 2.24) is 30.0 Å². The number of methoxy groups -OCH3 is 1. The van der Waals surface area contributed by atoms with E-state index in [-0.39, 0.29) is 18.0 Å². The fourth-order valence-corrected chi connectivity index (χ4v) is 2.50. The van der Waals surface area contributed by atoms with Gasteiger partial charge < -0.3 is 15.0 Å². The first kappa shape index (κ1) is 18.9. The number of rotatable bonds is 8. The lowest BCUT2D eigenvalue weighted by Gasteiger charge is -2.28. The zero-order chi connectivity index (χ0) is 18.2. The van der Waals surface area contributed by atoms with Crippen LogP contribution in [0.15, 0.2) is 30.9 Å². The standard InChI is InChI=1S/C17H26N6O2/c1-13(2)15(16-19-12-20-22(16)3)21-17(24)23(9-10-25-4)11-14-5-7-18-8-6-14/h5-8,12-13,15H,9-11H2,1-4H3,(H,21,24)/t15-/m0/s1. The average molecular weight is 346 g/mol. The van der Waals surface area contributed by atoms with Crippen LogP contribution in [0.4, 0.5) is 4.79 Å². The van der Waals surface area contributed by atoms with Crippen molar-refractivity contribution in [1.29, 1.82) is 0 Å². The van der Waals surface area contributed by atoms with E-state index in [0.717, 1.165) is 11.4 Å². The lowest BCUT2D eigenvalue weighted by Crippen LogP contribution is -2.44. The van der Waals surface area contributed by atoms with Gasteiger partial charge in [-0.25, -0.2) is 9.78 Å². The van der Waals surface area contributed by atoms with Crippen molar-refractivity contribution in [2.24, 2.45) is 13.0 Å². The molecule has 0 aliphatic rings. The number of amides is 2. The van der Waals surface area contributed by atoms with Gasteiger partial charge in [0.15, 0.2) is 0 Å². The number of pyridine rings is 1. The van der Waals surface area contributed by atoms with Crippen LogP contribution in [0.1, 0.15) is 31.3 Å². The van der Waals surface area contributed by atoms with E-state index >= 15 is 0 Å². The van der Waals surface area contributed by atoms with E-state index < -0.39 is 0 Å². The molecule has 0 spiro atoms. The third-order valence-electron chi connectivity index (χ3n) is 3.95. The van der Waals surface area contributed by atoms with Gasteiger partial charge in [0, 0.05) is 39.6 Å². The van der Waals surface area contributed by atoms with E-state index in [1.54, 1.807) is 29.1 Å². The number of aryl methyl sites for hydroxylation is 1. The first-order chi connectivity index (χ1) is 12.0. The Hall–Kier alpha value is -2.48. The summed E-state index contributed by atoms with van der Waals surface area (Å²) >= 11 is 0. The lowest BCUT2D eigenvalue weighted by molar-refractivity contribution is 0.142. The monoisotopic (exact) mass is 346 g/mol. The molecule has 8 heteroatoms. The number of nitrogens with one attached hydrogen (secondary N) is 1. The van der Waals surface area contributed by atoms with Gasteiger partial charge in [-0.1, -0.05) is 13.8 Å². The first-order valence-electron chi connectivity index (χ1n) is 8.30. The van der Waals surface area contributed by atoms with Gasteiger partial charge in [0.05, 0.1) is 12.6 Å². The van der Waals surface area contributed by atoms with Gasteiger partial charge >= 0.3 is 6.03 Å². The van der Waals surface area contributed by atoms with Crippen molar-refractivity contribution >= 4 is 6.03 Å². The Balaban J connectivity index is 2.12. The maximum absolute atomic E-state index is 12.9. The first-order valence-corrected chi connectivity index (χ1v) is 8.30. The summed E-state index contributed by atoms with van der Waals surface area (Å²) < 4.78 is 6.83. The van der Waals surface area contributed by atoms with Gasteiger partial charge in [0.25, 0.3) is 0 Å². The number of aromatic nitrogens is 4. The molecular formula is C17H26N6O2. The number of carbonyl (C=O) groups excluding carboxylic acids is 1. The van der Waals surface area contributed by atoms with Gasteiger partial charge in [-0.15, -0.1) is 0 Å². The molecule has 0 bridgehead atoms. The number of nitrogens with zero attached hydrogens (tertiary/aromatic N) is 5. The highest BCUT2D eigenvalue weighted by Crippen LogP contribution is 2.19. The highest BCUT2D eigenvalue weighted by atomic mass is 16.5. The van der Waals surface area contributed by atoms with Gasteiger partial charge in [-0.2, -0.15) is 5.10 Å². The minimum Gasteiger partial charge on any atom is -0.383 e. The number of hydrogen-bond donors (Lipinski definition) is 1. The molecule has 0 saturated heterocycles. The summed E-state index contributed by atoms with van der Waals surface area (Å²) in [5, 5.41) is 7.18. The molecule has 136 valence electrons. The van der Waals surface area contributed by atoms with Gasteiger partial charge in [0.1, 0.15) is 12.2 Å². The van der Waals surface area contributed by atoms with Crippen LogP contribution in [-0.4, -0.2) is 50.9 Å². The number of hydrogen-bond acceptors (Lipinski definition) is 5. The topological polar surface area (TPSA) is 85.2 Å². The summed E-state index contributed by atoms with van der Waals surface area (Å²) in [5.41, 5.74) is 1.01. The largest absolute Gasteiger partial charge is 0.383 e. The number of ether oxygens (including phenoxy) is 1. The molecule has 2 rings (SSSR count). The third kappa shape index (κ3) is 5.25. The van der Waals surface area contributed by atoms with Gasteiger partial charge in [-0.3, -0.25) is 9.67 Å². The van der Waals surface area contributed by atoms with Crippen LogP contribution in [0.3, 0.4) is 0 Å². The van der Waals surface area contributed by atoms with E-state index in [2.05, 4.69) is 20.4 Å². The van der Waals surface area contributed by atoms with E-state index in [1.165, 1.54) is 6.33 Å². The molecule has 1 atom stereocenters. The number of carbonyl (C=O) groups is 1. The Bertz CT molecular complexity index is 658. The van der Waals surface area contributed by atoms with Crippen LogP contribution >= 0.6 is 0 Å². The summed E-state index contributed by atoms with van der Waals surface area (Å²) in [7, 11) is 3.45. The SMILES string of the molecule is COCCN(Cc1ccncc1)C(=O)N[C@H](c1ncnn1C)C(C)C. The minimum absolute atomic E-state index is 0.157. The van der Waals surface area contributed by atoms with Crippen LogP contribution < -0.4 is 5.32 Å². The molecular weight excluding hydrogens is 320 g/mol. The molecule has 1 N–H and O–H groups in total. The molecule has 0 unspecified atom stereocenters. The van der Waals surface area contributed by atoms with Crippen LogP contribution in [-0.2, 0) is 18.3 Å². The van der Waals surface area contributed by atoms with E-state index in [0.29, 0.717) is 19.7 Å². The van der Waals surface area contributed by atoms with Crippen molar-refractivity contribution in [3.8, 4) is 0 Å². The van der Waals surface area contributed by atoms with Crippen LogP contribution in [0.25, 0.3) is 0 Å². The maximum Gasteiger partial charge on any atom is 0.318 e. The van der Waals surface area contributed by atoms with Crippen LogP contribution in [0.2, 0.25) is 0 Å². The molecule has 0 aromatic carbocycles. The van der Waals surface area contributed by atoms with E-state index in [4.69, 9.17) is 4.74 Å². The van der Waals surface area contributed by atoms with Crippen molar-refractivity contribution in [3.63, 3.8) is 0 Å². The summed E-state index contributed by atoms with van der Waals surface area (Å²) in [6, 6.07) is 3.42. The highest BCUT2D eigenvalue weighted by molar-refractivity contribution is 5.74. The summed E-state index contributed by atoms with van der Waals surface area (Å²) in [5.74, 6) is 0.913. The molecule has 0 radical (unpaired) electrons. The Morgan fingerprint density at radius 2 is 2.08 bits per heavy atom. The fraction of sp³-hybridized carbons (Fsp3) is 0.529. The minimum atomic E-state index is -0.220. The molecule has 0 aliphatic heterocycles. The molecule has 2 aromatic heterocycles. The second kappa shape index (κ2) is 9.12. The third-order valence-corrected chi connectivity index (χ3v) is 3.95. The second-order valence-corrected chi connectivity index (χ2v) is 6.18. The maximum atomic E-state index is 12.9. The zero-order valence-corrected chi connectivity index (χ0v) is 15.2. The van der Waals surface area contributed by atoms with Gasteiger partial charge in [0.2, 0.25) is 0 Å². The Morgan fingerprint density at radius 1 is 1.36 bits per heavy atom. The zero-order valence-electron chi connectivity index (χ0n) is 15.2. The Morgan fingerprint density at radius 3 is 2.64 bits per heavy atom. The molecule has 0 fully saturated rings. The molecule has 2 aromatic rings. The molecule has 0 saturated carbocycles. The van der Waals surface area contributed by atoms with Gasteiger partial charge in [-0.05, 0) is 23.6 Å². The normalized spacial score (nSPS) is 12.2. The predicted octanol–water partition coefficient (Wildman–Crippen LogP) is 1.77. The Labute approximate surface area is 148 Å². The fourth-order valence-electron chi connectivity index (χ4n) is 2.50. The molecule has 25 heavy (non-hydrogen) atoms. The van der Waals surface area contributed by atoms with Crippen LogP contribution in [0.5, 0.6) is 0 Å². The summed E-state index contributed by atoms with van der Waals surface area (Å²) in [6.07, 6.45) is 4.94. The number of urea groups is 1. The average Bonchev–Trinajstić information content (AvgIpc) is 3.02. The molecule has 0 aliphatic carbocycles.